The number of aliphatic hydroxyl groups is 3. The molecule has 4 fully saturated rings. The lowest BCUT2D eigenvalue weighted by molar-refractivity contribution is -0.265. The van der Waals surface area contributed by atoms with Gasteiger partial charge in [-0.25, -0.2) is 34.2 Å². The van der Waals surface area contributed by atoms with E-state index in [0.717, 1.165) is 53.2 Å². The van der Waals surface area contributed by atoms with Gasteiger partial charge in [0.25, 0.3) is 17.7 Å². The van der Waals surface area contributed by atoms with Crippen molar-refractivity contribution in [2.45, 2.75) is 212 Å². The number of methoxy groups -OCH3 is 2. The summed E-state index contributed by atoms with van der Waals surface area (Å²) in [5, 5.41) is 43.1. The molecule has 1 saturated carbocycles. The Morgan fingerprint density at radius 1 is 0.740 bits per heavy atom. The second kappa shape index (κ2) is 45.9. The van der Waals surface area contributed by atoms with Crippen LogP contribution in [0.3, 0.4) is 0 Å². The molecule has 0 unspecified atom stereocenters. The van der Waals surface area contributed by atoms with Crippen LogP contribution in [0.4, 0.5) is 22.6 Å². The number of aromatic nitrogens is 7. The van der Waals surface area contributed by atoms with Gasteiger partial charge in [0.05, 0.1) is 89.5 Å². The molecule has 1 aliphatic carbocycles. The van der Waals surface area contributed by atoms with Crippen LogP contribution in [0.15, 0.2) is 107 Å². The number of rotatable bonds is 27. The van der Waals surface area contributed by atoms with E-state index in [0.29, 0.717) is 182 Å². The molecule has 690 valence electrons. The minimum Gasteiger partial charge on any atom is -0.459 e. The Bertz CT molecular complexity index is 4860. The van der Waals surface area contributed by atoms with Gasteiger partial charge in [-0.05, 0) is 142 Å². The van der Waals surface area contributed by atoms with Crippen molar-refractivity contribution in [2.24, 2.45) is 35.3 Å². The van der Waals surface area contributed by atoms with Gasteiger partial charge in [0.2, 0.25) is 17.6 Å². The maximum absolute atomic E-state index is 14.7. The maximum atomic E-state index is 14.7. The molecular formula is C92H127N15O20. The maximum Gasteiger partial charge on any atom is 0.407 e. The van der Waals surface area contributed by atoms with Crippen LogP contribution < -0.4 is 27.4 Å². The Labute approximate surface area is 740 Å². The van der Waals surface area contributed by atoms with Gasteiger partial charge >= 0.3 is 12.1 Å². The highest BCUT2D eigenvalue weighted by Crippen LogP contribution is 2.39. The molecule has 9 heterocycles. The van der Waals surface area contributed by atoms with Gasteiger partial charge in [-0.1, -0.05) is 82.4 Å². The van der Waals surface area contributed by atoms with E-state index >= 15 is 0 Å². The standard InChI is InChI=1S/C92H127N15O20/c1-56-14-10-9-11-15-57(2)75(118-7)48-68-22-17-61(6)92(117,127-68)84(113)87(114)106-27-13-12-16-71(106)88(115)124-76(49-72(108)58(3)43-60(5)82(111)83(112)81(110)59(4)42-56)69(93)45-62-19-23-74(77(46-62)119-8)126-91(116)98-52-64-50-96-90(97-51-64)104-31-29-103(30-32-104)33-35-121-37-39-123-41-40-122-38-36-120-34-26-78(109)105-28-25-65-44-63(18-20-67(65)54-105)53-107-86-79(85(94)99-55-100-86)80(102-107)66-21-24-73-70(47-66)101-89(95)125-73/h9-11,14-15,18,20-21,24,43-44,47,50-51,55-56,58-59,61-62,68-69,71,74-77,82-83,111-112,117H,12-13,16-17,19,22-23,25-42,45-46,48-49,52-54,93H2,1-8H3,(H2,95,101)(H,98,116)(H2,94,99,100)/b11-9+,14-10+,57-15+,60-43+/t56-,58-,59-,61-,62+,68+,69-,71+,74-,75+,76+,77-,82-,83+,92-/m1/s1. The molecule has 0 spiro atoms. The number of anilines is 3. The molecule has 127 heavy (non-hydrogen) atoms. The topological polar surface area (TPSA) is 462 Å². The zero-order valence-electron chi connectivity index (χ0n) is 74.3. The molecule has 10 N–H and O–H groups in total. The first-order valence-electron chi connectivity index (χ1n) is 44.6. The third-order valence-corrected chi connectivity index (χ3v) is 25.3. The van der Waals surface area contributed by atoms with Gasteiger partial charge in [-0.2, -0.15) is 10.1 Å². The summed E-state index contributed by atoms with van der Waals surface area (Å²) >= 11 is 0. The number of aliphatic hydroxyl groups excluding tert-OH is 2. The number of cyclic esters (lactones) is 1. The van der Waals surface area contributed by atoms with Gasteiger partial charge in [0.15, 0.2) is 17.0 Å². The molecule has 2 aromatic carbocycles. The number of alkyl carbamates (subject to hydrolysis) is 1. The van der Waals surface area contributed by atoms with Crippen LogP contribution >= 0.6 is 0 Å². The number of oxazole rings is 1. The number of nitrogens with one attached hydrogen (secondary N) is 1. The predicted octanol–water partition coefficient (Wildman–Crippen LogP) is 7.27. The number of carbonyl (C=O) groups excluding carboxylic acids is 7. The van der Waals surface area contributed by atoms with Crippen LogP contribution in [0.2, 0.25) is 0 Å². The third-order valence-electron chi connectivity index (χ3n) is 25.3. The fourth-order valence-corrected chi connectivity index (χ4v) is 17.7. The molecule has 15 atom stereocenters. The number of piperidine rings is 1. The van der Waals surface area contributed by atoms with Crippen LogP contribution in [-0.2, 0) is 97.5 Å². The molecule has 5 aliphatic heterocycles. The molecule has 2 bridgehead atoms. The smallest absolute Gasteiger partial charge is 0.407 e. The number of hydrogen-bond donors (Lipinski definition) is 7. The number of benzene rings is 2. The lowest BCUT2D eigenvalue weighted by atomic mass is 9.80. The number of carbonyl (C=O) groups is 7. The van der Waals surface area contributed by atoms with E-state index in [1.54, 1.807) is 46.3 Å². The number of amides is 3. The summed E-state index contributed by atoms with van der Waals surface area (Å²) in [6.45, 7) is 19.0. The molecule has 3 amide bonds. The van der Waals surface area contributed by atoms with Gasteiger partial charge in [0, 0.05) is 133 Å². The van der Waals surface area contributed by atoms with Gasteiger partial charge in [-0.3, -0.25) is 28.9 Å². The number of ketones is 3. The van der Waals surface area contributed by atoms with Crippen molar-refractivity contribution >= 4 is 81.1 Å². The summed E-state index contributed by atoms with van der Waals surface area (Å²) in [6.07, 6.45) is 12.5. The molecule has 3 saturated heterocycles. The Hall–Kier alpha value is -9.89. The number of allylic oxidation sites excluding steroid dienone is 6. The molecule has 6 aromatic rings. The fourth-order valence-electron chi connectivity index (χ4n) is 17.7. The lowest BCUT2D eigenvalue weighted by Gasteiger charge is -2.42. The largest absolute Gasteiger partial charge is 0.459 e. The minimum atomic E-state index is -2.51. The van der Waals surface area contributed by atoms with Crippen LogP contribution in [0.5, 0.6) is 0 Å². The molecule has 4 aromatic heterocycles. The average Bonchev–Trinajstić information content (AvgIpc) is 1.68. The second-order valence-corrected chi connectivity index (χ2v) is 34.6. The number of fused-ring (bicyclic) bond motifs is 6. The highest BCUT2D eigenvalue weighted by Gasteiger charge is 2.53. The molecular weight excluding hydrogens is 1640 g/mol. The van der Waals surface area contributed by atoms with Crippen molar-refractivity contribution in [1.29, 1.82) is 0 Å². The van der Waals surface area contributed by atoms with Crippen LogP contribution in [-0.4, -0.2) is 279 Å². The summed E-state index contributed by atoms with van der Waals surface area (Å²) in [6, 6.07) is 9.67. The first-order chi connectivity index (χ1) is 61.1. The number of ether oxygens (including phenoxy) is 9. The predicted molar refractivity (Wildman–Crippen MR) is 471 cm³/mol. The monoisotopic (exact) mass is 1760 g/mol. The third kappa shape index (κ3) is 25.6. The van der Waals surface area contributed by atoms with E-state index in [1.807, 2.05) is 65.9 Å². The van der Waals surface area contributed by atoms with Crippen molar-refractivity contribution in [3.8, 4) is 11.3 Å². The summed E-state index contributed by atoms with van der Waals surface area (Å²) in [7, 11) is 3.07. The highest BCUT2D eigenvalue weighted by atomic mass is 16.6. The number of nitrogen functional groups attached to an aromatic ring is 2. The molecule has 0 radical (unpaired) electrons. The van der Waals surface area contributed by atoms with Crippen LogP contribution in [0.1, 0.15) is 147 Å². The Kier molecular flexibility index (Phi) is 34.8. The first-order valence-corrected chi connectivity index (χ1v) is 44.6. The van der Waals surface area contributed by atoms with E-state index < -0.39 is 120 Å². The lowest BCUT2D eigenvalue weighted by Crippen LogP contribution is -2.61. The normalized spacial score (nSPS) is 27.9. The number of Topliss-reactive ketones (excluding diaryl/α,β-unsaturated/α-hetero) is 3. The average molecular weight is 1760 g/mol. The van der Waals surface area contributed by atoms with E-state index in [-0.39, 0.29) is 68.1 Å². The van der Waals surface area contributed by atoms with Crippen molar-refractivity contribution in [3.63, 3.8) is 0 Å². The van der Waals surface area contributed by atoms with Gasteiger partial charge < -0.3 is 99.6 Å². The molecule has 6 aliphatic rings. The second-order valence-electron chi connectivity index (χ2n) is 34.6. The quantitative estimate of drug-likeness (QED) is 0.0115. The number of nitrogens with two attached hydrogens (primary N) is 3. The highest BCUT2D eigenvalue weighted by molar-refractivity contribution is 6.39. The number of hydrogen-bond acceptors (Lipinski definition) is 31. The van der Waals surface area contributed by atoms with Crippen molar-refractivity contribution in [1.82, 2.24) is 54.7 Å². The van der Waals surface area contributed by atoms with Crippen molar-refractivity contribution in [3.05, 3.63) is 125 Å². The molecule has 35 nitrogen and oxygen atoms in total. The summed E-state index contributed by atoms with van der Waals surface area (Å²) in [5.74, 6) is -8.37. The fraction of sp³-hybridized carbons (Fsp3) is 0.598. The minimum absolute atomic E-state index is 0.00274. The van der Waals surface area contributed by atoms with Crippen LogP contribution in [0, 0.1) is 29.6 Å². The van der Waals surface area contributed by atoms with Crippen molar-refractivity contribution < 1.29 is 95.9 Å². The van der Waals surface area contributed by atoms with E-state index in [4.69, 9.17) is 69.3 Å². The van der Waals surface area contributed by atoms with E-state index in [1.165, 1.54) is 32.0 Å². The number of nitrogens with zero attached hydrogens (tertiary/aromatic N) is 11. The van der Waals surface area contributed by atoms with E-state index in [2.05, 4.69) is 58.2 Å². The summed E-state index contributed by atoms with van der Waals surface area (Å²) in [5.41, 5.74) is 27.4. The molecule has 12 rings (SSSR count). The number of esters is 1. The SMILES string of the molecule is CO[C@H]1C[C@@H]2CC[C@@H](C)[C@@](O)(O2)C(=O)C(=O)N2CCCC[C@H]2C(=O)O[C@H]([C@H](N)C[C@@H]2CC[C@@H](OC(=O)NCc3cnc(N4CCN(CCOCCOCCOCCOCCC(=O)N5CCc6cc(Cn7nc(-c8ccc9oc(N)nc9c8)c8c(N)ncnc87)ccc6C5)CC4)nc3)[C@H](OC)C2)CC(=O)[C@H](C)/C=C(\C)[C@@H](O)[C@@H](O)C(=O)[C@H](C)C[C@H](C)/C=C/C=C/C=C/1C. The first kappa shape index (κ1) is 96.2. The number of piperazine rings is 1. The molecule has 35 heteroatoms. The van der Waals surface area contributed by atoms with E-state index in [9.17, 15) is 48.9 Å². The van der Waals surface area contributed by atoms with Crippen LogP contribution in [0.25, 0.3) is 33.4 Å². The van der Waals surface area contributed by atoms with Gasteiger partial charge in [0.1, 0.15) is 59.6 Å². The summed E-state index contributed by atoms with van der Waals surface area (Å²) < 4.78 is 60.6. The zero-order valence-corrected chi connectivity index (χ0v) is 74.3. The Morgan fingerprint density at radius 2 is 1.48 bits per heavy atom. The summed E-state index contributed by atoms with van der Waals surface area (Å²) in [4.78, 5) is 128. The van der Waals surface area contributed by atoms with Crippen molar-refractivity contribution in [2.75, 3.05) is 129 Å². The Balaban J connectivity index is 0.528. The Morgan fingerprint density at radius 3 is 2.22 bits per heavy atom. The van der Waals surface area contributed by atoms with Gasteiger partial charge in [-0.15, -0.1) is 0 Å². The zero-order chi connectivity index (χ0) is 90.4.